The fraction of sp³-hybridized carbons (Fsp3) is 0.833. The van der Waals surface area contributed by atoms with Gasteiger partial charge in [-0.15, -0.1) is 0 Å². The van der Waals surface area contributed by atoms with Crippen LogP contribution in [0, 0.1) is 4.78 Å². The average molecular weight is 323 g/mol. The minimum atomic E-state index is -3.93. The Kier molecular flexibility index (Phi) is 7.09. The van der Waals surface area contributed by atoms with Crippen LogP contribution in [-0.2, 0) is 40.2 Å². The van der Waals surface area contributed by atoms with Crippen LogP contribution in [0.2, 0.25) is 0 Å². The Morgan fingerprint density at radius 3 is 2.33 bits per heavy atom. The summed E-state index contributed by atoms with van der Waals surface area (Å²) in [5.74, 6) is -1.75. The maximum atomic E-state index is 11.3. The number of aliphatic hydroxyl groups is 1. The second kappa shape index (κ2) is 7.25. The molecule has 108 valence electrons. The zero-order valence-corrected chi connectivity index (χ0v) is 11.5. The molecule has 3 atom stereocenters. The SMILES string of the molecule is N=S(=O)(CO)CS(=O)(=O)CCOC(C=O)S(=O)O. The molecule has 0 aromatic carbocycles. The normalized spacial score (nSPS) is 18.8. The van der Waals surface area contributed by atoms with E-state index in [9.17, 15) is 21.6 Å². The van der Waals surface area contributed by atoms with E-state index >= 15 is 0 Å². The standard InChI is InChI=1S/C6H13NO8S3/c7-17(12,4-9)5-18(13,14)2-1-15-6(3-8)16(10)11/h3,6-7,9H,1-2,4-5H2,(H,10,11). The summed E-state index contributed by atoms with van der Waals surface area (Å²) in [5, 5.41) is 7.47. The summed E-state index contributed by atoms with van der Waals surface area (Å²) in [7, 11) is -7.54. The lowest BCUT2D eigenvalue weighted by atomic mass is 10.8. The number of nitrogens with one attached hydrogen (secondary N) is 1. The number of sulfone groups is 1. The van der Waals surface area contributed by atoms with Crippen molar-refractivity contribution in [3.05, 3.63) is 0 Å². The molecule has 0 rings (SSSR count). The quantitative estimate of drug-likeness (QED) is 0.328. The fourth-order valence-corrected chi connectivity index (χ4v) is 4.57. The third-order valence-electron chi connectivity index (χ3n) is 1.56. The maximum Gasteiger partial charge on any atom is 0.213 e. The zero-order valence-electron chi connectivity index (χ0n) is 9.05. The van der Waals surface area contributed by atoms with Gasteiger partial charge in [-0.1, -0.05) is 0 Å². The van der Waals surface area contributed by atoms with Crippen LogP contribution in [0.4, 0.5) is 0 Å². The molecule has 0 spiro atoms. The van der Waals surface area contributed by atoms with Crippen molar-refractivity contribution in [3.63, 3.8) is 0 Å². The molecule has 9 nitrogen and oxygen atoms in total. The number of hydrogen-bond donors (Lipinski definition) is 3. The van der Waals surface area contributed by atoms with Gasteiger partial charge in [0.05, 0.1) is 22.1 Å². The van der Waals surface area contributed by atoms with Gasteiger partial charge < -0.3 is 14.4 Å². The molecule has 0 aromatic heterocycles. The van der Waals surface area contributed by atoms with Gasteiger partial charge in [0, 0.05) is 0 Å². The minimum Gasteiger partial charge on any atom is -0.382 e. The van der Waals surface area contributed by atoms with Gasteiger partial charge >= 0.3 is 0 Å². The van der Waals surface area contributed by atoms with E-state index in [1.807, 2.05) is 0 Å². The molecule has 3 unspecified atom stereocenters. The largest absolute Gasteiger partial charge is 0.382 e. The molecule has 0 radical (unpaired) electrons. The van der Waals surface area contributed by atoms with Gasteiger partial charge in [0.25, 0.3) is 0 Å². The molecule has 0 saturated carbocycles. The molecule has 0 amide bonds. The first-order valence-electron chi connectivity index (χ1n) is 4.35. The summed E-state index contributed by atoms with van der Waals surface area (Å²) in [6.07, 6.45) is 0.0457. The second-order valence-corrected chi connectivity index (χ2v) is 8.89. The summed E-state index contributed by atoms with van der Waals surface area (Å²) in [5.41, 5.74) is -1.65. The Morgan fingerprint density at radius 1 is 1.39 bits per heavy atom. The molecule has 0 bridgehead atoms. The molecule has 0 aliphatic heterocycles. The van der Waals surface area contributed by atoms with Gasteiger partial charge in [0.15, 0.2) is 27.2 Å². The van der Waals surface area contributed by atoms with Crippen LogP contribution in [0.3, 0.4) is 0 Å². The summed E-state index contributed by atoms with van der Waals surface area (Å²) in [4.78, 5) is 10.2. The van der Waals surface area contributed by atoms with Crippen LogP contribution in [0.1, 0.15) is 0 Å². The number of carbonyl (C=O) groups is 1. The summed E-state index contributed by atoms with van der Waals surface area (Å²) < 4.78 is 64.2. The van der Waals surface area contributed by atoms with E-state index in [1.165, 1.54) is 0 Å². The highest BCUT2D eigenvalue weighted by molar-refractivity contribution is 8.08. The Bertz CT molecular complexity index is 495. The van der Waals surface area contributed by atoms with Crippen molar-refractivity contribution in [3.8, 4) is 0 Å². The van der Waals surface area contributed by atoms with Crippen molar-refractivity contribution >= 4 is 36.9 Å². The van der Waals surface area contributed by atoms with Crippen LogP contribution in [0.15, 0.2) is 0 Å². The Hall–Kier alpha value is -0.400. The lowest BCUT2D eigenvalue weighted by molar-refractivity contribution is -0.113. The van der Waals surface area contributed by atoms with E-state index in [4.69, 9.17) is 14.4 Å². The Labute approximate surface area is 107 Å². The van der Waals surface area contributed by atoms with E-state index < -0.39 is 59.5 Å². The molecule has 0 aliphatic carbocycles. The molecule has 0 aliphatic rings. The van der Waals surface area contributed by atoms with Crippen LogP contribution >= 0.6 is 0 Å². The predicted molar refractivity (Wildman–Crippen MR) is 63.2 cm³/mol. The topological polar surface area (TPSA) is 159 Å². The first-order valence-corrected chi connectivity index (χ1v) is 9.24. The van der Waals surface area contributed by atoms with E-state index in [2.05, 4.69) is 4.74 Å². The van der Waals surface area contributed by atoms with Gasteiger partial charge in [0.1, 0.15) is 11.0 Å². The van der Waals surface area contributed by atoms with Gasteiger partial charge in [-0.05, 0) is 0 Å². The van der Waals surface area contributed by atoms with Crippen molar-refractivity contribution in [1.82, 2.24) is 0 Å². The highest BCUT2D eigenvalue weighted by Crippen LogP contribution is 2.01. The molecule has 0 aromatic rings. The molecule has 12 heteroatoms. The third-order valence-corrected chi connectivity index (χ3v) is 6.37. The predicted octanol–water partition coefficient (Wildman–Crippen LogP) is -1.88. The lowest BCUT2D eigenvalue weighted by Gasteiger charge is -2.09. The summed E-state index contributed by atoms with van der Waals surface area (Å²) in [6.45, 7) is -0.557. The number of hydrogen-bond acceptors (Lipinski definition) is 8. The summed E-state index contributed by atoms with van der Waals surface area (Å²) >= 11 is -2.57. The van der Waals surface area contributed by atoms with E-state index in [0.29, 0.717) is 0 Å². The fourth-order valence-electron chi connectivity index (χ4n) is 0.822. The highest BCUT2D eigenvalue weighted by atomic mass is 32.3. The average Bonchev–Trinajstić information content (AvgIpc) is 2.22. The molecule has 0 heterocycles. The minimum absolute atomic E-state index is 0.0457. The molecule has 0 saturated heterocycles. The monoisotopic (exact) mass is 323 g/mol. The Balaban J connectivity index is 4.38. The van der Waals surface area contributed by atoms with E-state index in [-0.39, 0.29) is 6.29 Å². The first kappa shape index (κ1) is 17.6. The van der Waals surface area contributed by atoms with Crippen LogP contribution < -0.4 is 0 Å². The van der Waals surface area contributed by atoms with Gasteiger partial charge in [-0.3, -0.25) is 9.57 Å². The van der Waals surface area contributed by atoms with E-state index in [0.717, 1.165) is 0 Å². The number of aliphatic hydroxyl groups excluding tert-OH is 1. The van der Waals surface area contributed by atoms with Crippen molar-refractivity contribution in [2.24, 2.45) is 0 Å². The van der Waals surface area contributed by atoms with E-state index in [1.54, 1.807) is 0 Å². The van der Waals surface area contributed by atoms with Gasteiger partial charge in [0.2, 0.25) is 5.44 Å². The summed E-state index contributed by atoms with van der Waals surface area (Å²) in [6, 6.07) is 0. The molecular weight excluding hydrogens is 310 g/mol. The first-order chi connectivity index (χ1) is 8.13. The van der Waals surface area contributed by atoms with Crippen LogP contribution in [0.5, 0.6) is 0 Å². The second-order valence-electron chi connectivity index (χ2n) is 3.16. The van der Waals surface area contributed by atoms with Crippen molar-refractivity contribution in [1.29, 1.82) is 4.78 Å². The number of aldehydes is 1. The maximum absolute atomic E-state index is 11.3. The third kappa shape index (κ3) is 7.13. The molecule has 0 fully saturated rings. The van der Waals surface area contributed by atoms with Crippen molar-refractivity contribution in [2.45, 2.75) is 5.44 Å². The number of carbonyl (C=O) groups excluding carboxylic acids is 1. The van der Waals surface area contributed by atoms with Crippen molar-refractivity contribution < 1.29 is 36.0 Å². The van der Waals surface area contributed by atoms with Gasteiger partial charge in [-0.2, -0.15) is 0 Å². The zero-order chi connectivity index (χ0) is 14.4. The smallest absolute Gasteiger partial charge is 0.213 e. The highest BCUT2D eigenvalue weighted by Gasteiger charge is 2.20. The van der Waals surface area contributed by atoms with Crippen molar-refractivity contribution in [2.75, 3.05) is 23.4 Å². The van der Waals surface area contributed by atoms with Crippen LogP contribution in [-0.4, -0.2) is 61.6 Å². The lowest BCUT2D eigenvalue weighted by Crippen LogP contribution is -2.26. The molecule has 3 N–H and O–H groups in total. The number of ether oxygens (including phenoxy) is 1. The number of rotatable bonds is 9. The van der Waals surface area contributed by atoms with Gasteiger partial charge in [-0.25, -0.2) is 16.8 Å². The van der Waals surface area contributed by atoms with Crippen LogP contribution in [0.25, 0.3) is 0 Å². The Morgan fingerprint density at radius 2 is 1.94 bits per heavy atom. The molecular formula is C6H13NO8S3. The molecule has 18 heavy (non-hydrogen) atoms.